The standard InChI is InChI=1S/C14H13FN6.CH2O2/c15-11-3-1-2-4-12(11)21-14(17-9-19-21)10-5-6-20-13(7-10)16-8-18-20;2-1-3/h1-4,8-10H,5-7H2;1H,(H,2,3). The van der Waals surface area contributed by atoms with Crippen molar-refractivity contribution in [2.45, 2.75) is 25.3 Å². The average Bonchev–Trinajstić information content (AvgIpc) is 3.24. The van der Waals surface area contributed by atoms with E-state index in [-0.39, 0.29) is 18.2 Å². The van der Waals surface area contributed by atoms with Gasteiger partial charge in [0.15, 0.2) is 0 Å². The zero-order valence-electron chi connectivity index (χ0n) is 12.7. The first-order valence-electron chi connectivity index (χ1n) is 7.34. The maximum Gasteiger partial charge on any atom is 0.290 e. The molecular formula is C15H15FN6O2. The summed E-state index contributed by atoms with van der Waals surface area (Å²) in [6.07, 6.45) is 4.68. The highest BCUT2D eigenvalue weighted by atomic mass is 19.1. The molecule has 0 amide bonds. The molecule has 9 heteroatoms. The molecule has 1 N–H and O–H groups in total. The average molecular weight is 330 g/mol. The molecule has 4 rings (SSSR count). The van der Waals surface area contributed by atoms with Crippen LogP contribution in [0.1, 0.15) is 24.0 Å². The van der Waals surface area contributed by atoms with Gasteiger partial charge < -0.3 is 5.11 Å². The van der Waals surface area contributed by atoms with Gasteiger partial charge in [-0.15, -0.1) is 0 Å². The van der Waals surface area contributed by atoms with Crippen LogP contribution in [0.25, 0.3) is 5.69 Å². The molecule has 1 aliphatic rings. The van der Waals surface area contributed by atoms with E-state index >= 15 is 0 Å². The lowest BCUT2D eigenvalue weighted by atomic mass is 9.97. The highest BCUT2D eigenvalue weighted by Gasteiger charge is 2.26. The Morgan fingerprint density at radius 1 is 1.21 bits per heavy atom. The zero-order valence-corrected chi connectivity index (χ0v) is 12.7. The Labute approximate surface area is 136 Å². The van der Waals surface area contributed by atoms with Crippen LogP contribution in [0.15, 0.2) is 36.9 Å². The number of halogens is 1. The second-order valence-corrected chi connectivity index (χ2v) is 5.18. The quantitative estimate of drug-likeness (QED) is 0.714. The molecule has 1 aliphatic heterocycles. The van der Waals surface area contributed by atoms with Gasteiger partial charge in [0, 0.05) is 18.9 Å². The van der Waals surface area contributed by atoms with Gasteiger partial charge in [0.2, 0.25) is 0 Å². The van der Waals surface area contributed by atoms with Gasteiger partial charge in [-0.25, -0.2) is 19.0 Å². The number of nitrogens with zero attached hydrogens (tertiary/aromatic N) is 6. The van der Waals surface area contributed by atoms with Crippen molar-refractivity contribution in [2.24, 2.45) is 0 Å². The van der Waals surface area contributed by atoms with E-state index in [0.717, 1.165) is 31.0 Å². The van der Waals surface area contributed by atoms with Crippen molar-refractivity contribution in [1.29, 1.82) is 0 Å². The molecule has 2 aromatic heterocycles. The molecule has 3 aromatic rings. The summed E-state index contributed by atoms with van der Waals surface area (Å²) < 4.78 is 17.5. The Morgan fingerprint density at radius 3 is 2.75 bits per heavy atom. The minimum absolute atomic E-state index is 0.170. The fraction of sp³-hybridized carbons (Fsp3) is 0.267. The summed E-state index contributed by atoms with van der Waals surface area (Å²) in [5.41, 5.74) is 0.428. The molecule has 0 saturated carbocycles. The van der Waals surface area contributed by atoms with Gasteiger partial charge in [0.05, 0.1) is 0 Å². The van der Waals surface area contributed by atoms with E-state index in [0.29, 0.717) is 5.69 Å². The number of rotatable bonds is 2. The van der Waals surface area contributed by atoms with Gasteiger partial charge in [-0.2, -0.15) is 10.2 Å². The van der Waals surface area contributed by atoms with E-state index in [1.54, 1.807) is 29.2 Å². The number of hydrogen-bond acceptors (Lipinski definition) is 5. The molecular weight excluding hydrogens is 315 g/mol. The fourth-order valence-corrected chi connectivity index (χ4v) is 2.79. The molecule has 1 atom stereocenters. The first kappa shape index (κ1) is 15.8. The first-order chi connectivity index (χ1) is 11.7. The number of para-hydroxylation sites is 1. The van der Waals surface area contributed by atoms with E-state index in [1.165, 1.54) is 12.4 Å². The summed E-state index contributed by atoms with van der Waals surface area (Å²) in [6.45, 7) is 0.546. The van der Waals surface area contributed by atoms with Crippen LogP contribution in [-0.2, 0) is 17.8 Å². The molecule has 0 fully saturated rings. The van der Waals surface area contributed by atoms with Gasteiger partial charge in [-0.05, 0) is 18.6 Å². The van der Waals surface area contributed by atoms with Crippen molar-refractivity contribution in [3.63, 3.8) is 0 Å². The molecule has 24 heavy (non-hydrogen) atoms. The lowest BCUT2D eigenvalue weighted by molar-refractivity contribution is -0.122. The van der Waals surface area contributed by atoms with Crippen LogP contribution in [0.2, 0.25) is 0 Å². The predicted octanol–water partition coefficient (Wildman–Crippen LogP) is 1.43. The number of benzene rings is 1. The van der Waals surface area contributed by atoms with Crippen molar-refractivity contribution in [2.75, 3.05) is 0 Å². The highest BCUT2D eigenvalue weighted by Crippen LogP contribution is 2.28. The van der Waals surface area contributed by atoms with Gasteiger partial charge in [-0.1, -0.05) is 12.1 Å². The Bertz CT molecular complexity index is 831. The Kier molecular flexibility index (Phi) is 4.59. The molecule has 1 unspecified atom stereocenters. The van der Waals surface area contributed by atoms with E-state index in [9.17, 15) is 4.39 Å². The van der Waals surface area contributed by atoms with Crippen molar-refractivity contribution in [1.82, 2.24) is 29.5 Å². The van der Waals surface area contributed by atoms with Gasteiger partial charge >= 0.3 is 0 Å². The van der Waals surface area contributed by atoms with Gasteiger partial charge in [0.1, 0.15) is 35.8 Å². The monoisotopic (exact) mass is 330 g/mol. The Balaban J connectivity index is 0.000000526. The number of hydrogen-bond donors (Lipinski definition) is 1. The third kappa shape index (κ3) is 3.00. The highest BCUT2D eigenvalue weighted by molar-refractivity contribution is 5.33. The Morgan fingerprint density at radius 2 is 1.96 bits per heavy atom. The minimum atomic E-state index is -0.303. The Hall–Kier alpha value is -3.10. The number of carbonyl (C=O) groups is 1. The second kappa shape index (κ2) is 6.99. The molecule has 0 spiro atoms. The minimum Gasteiger partial charge on any atom is -0.483 e. The fourth-order valence-electron chi connectivity index (χ4n) is 2.79. The smallest absolute Gasteiger partial charge is 0.290 e. The summed E-state index contributed by atoms with van der Waals surface area (Å²) in [5, 5.41) is 15.2. The third-order valence-corrected chi connectivity index (χ3v) is 3.83. The van der Waals surface area contributed by atoms with Crippen LogP contribution in [-0.4, -0.2) is 41.1 Å². The van der Waals surface area contributed by atoms with E-state index in [4.69, 9.17) is 9.90 Å². The number of carboxylic acid groups (broad SMARTS) is 1. The summed E-state index contributed by atoms with van der Waals surface area (Å²) >= 11 is 0. The summed E-state index contributed by atoms with van der Waals surface area (Å²) in [4.78, 5) is 17.0. The lowest BCUT2D eigenvalue weighted by Crippen LogP contribution is -2.22. The zero-order chi connectivity index (χ0) is 16.9. The molecule has 0 aliphatic carbocycles. The molecule has 3 heterocycles. The summed E-state index contributed by atoms with van der Waals surface area (Å²) in [7, 11) is 0. The first-order valence-corrected chi connectivity index (χ1v) is 7.34. The second-order valence-electron chi connectivity index (χ2n) is 5.18. The van der Waals surface area contributed by atoms with E-state index < -0.39 is 0 Å². The maximum absolute atomic E-state index is 14.0. The van der Waals surface area contributed by atoms with E-state index in [2.05, 4.69) is 20.2 Å². The molecule has 124 valence electrons. The van der Waals surface area contributed by atoms with Crippen molar-refractivity contribution in [3.05, 3.63) is 54.4 Å². The molecule has 1 aromatic carbocycles. The number of aryl methyl sites for hydroxylation is 1. The van der Waals surface area contributed by atoms with Gasteiger partial charge in [0.25, 0.3) is 6.47 Å². The largest absolute Gasteiger partial charge is 0.483 e. The van der Waals surface area contributed by atoms with Crippen molar-refractivity contribution >= 4 is 6.47 Å². The molecule has 0 bridgehead atoms. The van der Waals surface area contributed by atoms with Crippen LogP contribution in [0.5, 0.6) is 0 Å². The van der Waals surface area contributed by atoms with Crippen LogP contribution < -0.4 is 0 Å². The van der Waals surface area contributed by atoms with Gasteiger partial charge in [-0.3, -0.25) is 9.48 Å². The molecule has 8 nitrogen and oxygen atoms in total. The summed E-state index contributed by atoms with van der Waals surface area (Å²) in [6, 6.07) is 6.59. The molecule has 0 radical (unpaired) electrons. The normalized spacial score (nSPS) is 16.0. The molecule has 0 saturated heterocycles. The number of aromatic nitrogens is 6. The SMILES string of the molecule is Fc1ccccc1-n1ncnc1C1CCn2ncnc2C1.O=CO. The number of fused-ring (bicyclic) bond motifs is 1. The van der Waals surface area contributed by atoms with Crippen LogP contribution >= 0.6 is 0 Å². The topological polar surface area (TPSA) is 98.7 Å². The maximum atomic E-state index is 14.0. The van der Waals surface area contributed by atoms with Crippen LogP contribution in [0, 0.1) is 5.82 Å². The van der Waals surface area contributed by atoms with E-state index in [1.807, 2.05) is 4.68 Å². The van der Waals surface area contributed by atoms with Crippen LogP contribution in [0.4, 0.5) is 4.39 Å². The van der Waals surface area contributed by atoms with Crippen molar-refractivity contribution < 1.29 is 14.3 Å². The summed E-state index contributed by atoms with van der Waals surface area (Å²) in [5.74, 6) is 1.58. The van der Waals surface area contributed by atoms with Crippen LogP contribution in [0.3, 0.4) is 0 Å². The lowest BCUT2D eigenvalue weighted by Gasteiger charge is -2.22. The third-order valence-electron chi connectivity index (χ3n) is 3.83. The van der Waals surface area contributed by atoms with Crippen molar-refractivity contribution in [3.8, 4) is 5.69 Å². The predicted molar refractivity (Wildman–Crippen MR) is 81.1 cm³/mol.